The van der Waals surface area contributed by atoms with Crippen LogP contribution in [0.5, 0.6) is 5.88 Å². The Balaban J connectivity index is 2.95. The van der Waals surface area contributed by atoms with E-state index in [-0.39, 0.29) is 5.60 Å². The molecule has 0 bridgehead atoms. The molecule has 0 aromatic carbocycles. The van der Waals surface area contributed by atoms with Crippen molar-refractivity contribution in [3.8, 4) is 5.88 Å². The summed E-state index contributed by atoms with van der Waals surface area (Å²) in [5.74, 6) is 0.551. The summed E-state index contributed by atoms with van der Waals surface area (Å²) in [5, 5.41) is 0.469. The Morgan fingerprint density at radius 3 is 2.44 bits per heavy atom. The Morgan fingerprint density at radius 2 is 1.94 bits per heavy atom. The maximum atomic E-state index is 5.63. The minimum Gasteiger partial charge on any atom is -0.481 e. The average molecular weight is 239 g/mol. The van der Waals surface area contributed by atoms with Gasteiger partial charge in [0.05, 0.1) is 7.11 Å². The molecule has 16 heavy (non-hydrogen) atoms. The molecule has 0 atom stereocenters. The molecule has 1 rings (SSSR count). The van der Waals surface area contributed by atoms with Crippen LogP contribution < -0.4 is 4.74 Å². The predicted octanol–water partition coefficient (Wildman–Crippen LogP) is 2.89. The molecular formula is C12H17NO2S. The summed E-state index contributed by atoms with van der Waals surface area (Å²) in [4.78, 5) is 4.19. The van der Waals surface area contributed by atoms with Crippen LogP contribution in [0.15, 0.2) is 12.1 Å². The number of pyridine rings is 1. The molecule has 0 fully saturated rings. The minimum atomic E-state index is -0.290. The maximum Gasteiger partial charge on any atom is 0.213 e. The van der Waals surface area contributed by atoms with E-state index in [0.717, 1.165) is 11.3 Å². The summed E-state index contributed by atoms with van der Waals surface area (Å²) < 4.78 is 10.7. The third kappa shape index (κ3) is 3.77. The van der Waals surface area contributed by atoms with Crippen molar-refractivity contribution in [2.24, 2.45) is 0 Å². The highest BCUT2D eigenvalue weighted by molar-refractivity contribution is 7.80. The van der Waals surface area contributed by atoms with Gasteiger partial charge < -0.3 is 9.47 Å². The fraction of sp³-hybridized carbons (Fsp3) is 0.500. The van der Waals surface area contributed by atoms with Crippen molar-refractivity contribution in [3.05, 3.63) is 23.4 Å². The lowest BCUT2D eigenvalue weighted by atomic mass is 10.2. The largest absolute Gasteiger partial charge is 0.481 e. The monoisotopic (exact) mass is 239 g/mol. The number of thiocarbonyl (C=S) groups is 1. The van der Waals surface area contributed by atoms with E-state index in [4.69, 9.17) is 21.7 Å². The first-order valence-electron chi connectivity index (χ1n) is 5.08. The van der Waals surface area contributed by atoms with E-state index in [0.29, 0.717) is 10.9 Å². The van der Waals surface area contributed by atoms with Gasteiger partial charge in [0.1, 0.15) is 5.60 Å². The number of hydrogen-bond donors (Lipinski definition) is 0. The van der Waals surface area contributed by atoms with Gasteiger partial charge in [0.15, 0.2) is 5.05 Å². The molecule has 0 spiro atoms. The number of nitrogens with zero attached hydrogens (tertiary/aromatic N) is 1. The van der Waals surface area contributed by atoms with Crippen molar-refractivity contribution >= 4 is 17.3 Å². The summed E-state index contributed by atoms with van der Waals surface area (Å²) in [6, 6.07) is 3.66. The third-order valence-corrected chi connectivity index (χ3v) is 2.09. The van der Waals surface area contributed by atoms with Crippen LogP contribution in [-0.2, 0) is 4.74 Å². The Hall–Kier alpha value is -1.16. The fourth-order valence-electron chi connectivity index (χ4n) is 1.20. The van der Waals surface area contributed by atoms with Gasteiger partial charge in [-0.15, -0.1) is 0 Å². The normalized spacial score (nSPS) is 11.1. The van der Waals surface area contributed by atoms with Gasteiger partial charge in [-0.2, -0.15) is 0 Å². The zero-order chi connectivity index (χ0) is 12.3. The van der Waals surface area contributed by atoms with Crippen molar-refractivity contribution in [2.75, 3.05) is 7.11 Å². The summed E-state index contributed by atoms with van der Waals surface area (Å²) in [6.45, 7) is 7.78. The molecular weight excluding hydrogens is 222 g/mol. The summed E-state index contributed by atoms with van der Waals surface area (Å²) in [7, 11) is 1.58. The van der Waals surface area contributed by atoms with Gasteiger partial charge in [-0.05, 0) is 46.0 Å². The molecule has 3 nitrogen and oxygen atoms in total. The number of methoxy groups -OCH3 is 1. The van der Waals surface area contributed by atoms with Gasteiger partial charge in [-0.3, -0.25) is 0 Å². The number of ether oxygens (including phenoxy) is 2. The highest BCUT2D eigenvalue weighted by atomic mass is 32.1. The van der Waals surface area contributed by atoms with Crippen LogP contribution in [0.2, 0.25) is 0 Å². The van der Waals surface area contributed by atoms with Crippen LogP contribution in [0.25, 0.3) is 0 Å². The minimum absolute atomic E-state index is 0.290. The van der Waals surface area contributed by atoms with E-state index >= 15 is 0 Å². The van der Waals surface area contributed by atoms with Crippen molar-refractivity contribution in [1.82, 2.24) is 4.98 Å². The molecule has 0 aliphatic carbocycles. The van der Waals surface area contributed by atoms with Gasteiger partial charge in [0.25, 0.3) is 0 Å². The van der Waals surface area contributed by atoms with Gasteiger partial charge in [-0.1, -0.05) is 0 Å². The van der Waals surface area contributed by atoms with Gasteiger partial charge >= 0.3 is 0 Å². The molecule has 0 unspecified atom stereocenters. The molecule has 0 radical (unpaired) electrons. The molecule has 0 N–H and O–H groups in total. The summed E-state index contributed by atoms with van der Waals surface area (Å²) in [5.41, 5.74) is 1.39. The molecule has 0 aliphatic rings. The van der Waals surface area contributed by atoms with Crippen LogP contribution in [0.1, 0.15) is 32.0 Å². The molecule has 0 saturated carbocycles. The second-order valence-corrected chi connectivity index (χ2v) is 4.91. The fourth-order valence-corrected chi connectivity index (χ4v) is 1.57. The molecule has 4 heteroatoms. The van der Waals surface area contributed by atoms with E-state index in [1.165, 1.54) is 0 Å². The van der Waals surface area contributed by atoms with Crippen LogP contribution in [0, 0.1) is 6.92 Å². The van der Waals surface area contributed by atoms with Crippen molar-refractivity contribution in [2.45, 2.75) is 33.3 Å². The summed E-state index contributed by atoms with van der Waals surface area (Å²) >= 11 is 5.23. The average Bonchev–Trinajstić information content (AvgIpc) is 2.14. The van der Waals surface area contributed by atoms with Crippen LogP contribution in [-0.4, -0.2) is 22.7 Å². The smallest absolute Gasteiger partial charge is 0.213 e. The highest BCUT2D eigenvalue weighted by Crippen LogP contribution is 2.17. The Bertz CT molecular complexity index is 396. The molecule has 1 aromatic rings. The predicted molar refractivity (Wildman–Crippen MR) is 68.1 cm³/mol. The molecule has 88 valence electrons. The molecule has 1 heterocycles. The lowest BCUT2D eigenvalue weighted by molar-refractivity contribution is 0.122. The zero-order valence-corrected chi connectivity index (χ0v) is 11.1. The molecule has 0 amide bonds. The van der Waals surface area contributed by atoms with E-state index in [1.54, 1.807) is 13.2 Å². The van der Waals surface area contributed by atoms with E-state index in [2.05, 4.69) is 4.98 Å². The third-order valence-electron chi connectivity index (χ3n) is 1.77. The Kier molecular flexibility index (Phi) is 3.86. The van der Waals surface area contributed by atoms with Gasteiger partial charge in [0, 0.05) is 17.3 Å². The standard InChI is InChI=1S/C12H17NO2S/c1-8-6-9(7-10(13-8)14-5)11(16)15-12(2,3)4/h6-7H,1-5H3. The maximum absolute atomic E-state index is 5.63. The van der Waals surface area contributed by atoms with Crippen LogP contribution in [0.4, 0.5) is 0 Å². The Morgan fingerprint density at radius 1 is 1.31 bits per heavy atom. The lowest BCUT2D eigenvalue weighted by Crippen LogP contribution is -2.23. The number of rotatable bonds is 2. The number of aromatic nitrogens is 1. The van der Waals surface area contributed by atoms with Crippen molar-refractivity contribution in [1.29, 1.82) is 0 Å². The quantitative estimate of drug-likeness (QED) is 0.743. The molecule has 0 saturated heterocycles. The molecule has 1 aromatic heterocycles. The lowest BCUT2D eigenvalue weighted by Gasteiger charge is -2.21. The second kappa shape index (κ2) is 4.78. The van der Waals surface area contributed by atoms with Gasteiger partial charge in [-0.25, -0.2) is 4.98 Å². The zero-order valence-electron chi connectivity index (χ0n) is 10.3. The SMILES string of the molecule is COc1cc(C(=S)OC(C)(C)C)cc(C)n1. The topological polar surface area (TPSA) is 31.4 Å². The van der Waals surface area contributed by atoms with E-state index in [9.17, 15) is 0 Å². The molecule has 0 aliphatic heterocycles. The van der Waals surface area contributed by atoms with E-state index < -0.39 is 0 Å². The van der Waals surface area contributed by atoms with Gasteiger partial charge in [0.2, 0.25) is 5.88 Å². The first kappa shape index (κ1) is 12.9. The van der Waals surface area contributed by atoms with Crippen molar-refractivity contribution < 1.29 is 9.47 Å². The van der Waals surface area contributed by atoms with Crippen molar-refractivity contribution in [3.63, 3.8) is 0 Å². The summed E-state index contributed by atoms with van der Waals surface area (Å²) in [6.07, 6.45) is 0. The Labute approximate surface area is 102 Å². The van der Waals surface area contributed by atoms with Crippen LogP contribution in [0.3, 0.4) is 0 Å². The first-order valence-corrected chi connectivity index (χ1v) is 5.48. The van der Waals surface area contributed by atoms with Crippen LogP contribution >= 0.6 is 12.2 Å². The number of aryl methyl sites for hydroxylation is 1. The van der Waals surface area contributed by atoms with E-state index in [1.807, 2.05) is 33.8 Å². The second-order valence-electron chi connectivity index (χ2n) is 4.54. The highest BCUT2D eigenvalue weighted by Gasteiger charge is 2.15. The first-order chi connectivity index (χ1) is 7.31. The number of hydrogen-bond acceptors (Lipinski definition) is 4.